The predicted octanol–water partition coefficient (Wildman–Crippen LogP) is 2.88. The first-order valence-corrected chi connectivity index (χ1v) is 6.09. The molecule has 1 atom stereocenters. The van der Waals surface area contributed by atoms with E-state index in [1.165, 1.54) is 0 Å². The molecule has 0 aliphatic heterocycles. The van der Waals surface area contributed by atoms with Crippen molar-refractivity contribution in [3.63, 3.8) is 0 Å². The van der Waals surface area contributed by atoms with Crippen LogP contribution in [0.4, 0.5) is 11.4 Å². The van der Waals surface area contributed by atoms with E-state index in [9.17, 15) is 0 Å². The van der Waals surface area contributed by atoms with Gasteiger partial charge >= 0.3 is 0 Å². The summed E-state index contributed by atoms with van der Waals surface area (Å²) in [5.74, 6) is 0.791. The zero-order valence-corrected chi connectivity index (χ0v) is 11.5. The molecular formula is C11H13Cl2N5. The number of rotatable bonds is 3. The van der Waals surface area contributed by atoms with Gasteiger partial charge in [-0.3, -0.25) is 0 Å². The first-order valence-electron chi connectivity index (χ1n) is 5.34. The number of halogens is 2. The van der Waals surface area contributed by atoms with E-state index in [2.05, 4.69) is 15.5 Å². The Balaban J connectivity index is 2.27. The van der Waals surface area contributed by atoms with Crippen LogP contribution in [0.2, 0.25) is 10.0 Å². The molecule has 0 aliphatic rings. The molecule has 96 valence electrons. The summed E-state index contributed by atoms with van der Waals surface area (Å²) in [6, 6.07) is 3.23. The van der Waals surface area contributed by atoms with Crippen LogP contribution in [0.25, 0.3) is 0 Å². The minimum atomic E-state index is -0.0730. The minimum absolute atomic E-state index is 0.0730. The SMILES string of the molecule is CC(Nc1c(Cl)cc(N)cc1Cl)c1nncn1C. The highest BCUT2D eigenvalue weighted by Crippen LogP contribution is 2.34. The molecule has 0 fully saturated rings. The normalized spacial score (nSPS) is 12.4. The molecule has 0 aliphatic carbocycles. The lowest BCUT2D eigenvalue weighted by molar-refractivity contribution is 0.719. The summed E-state index contributed by atoms with van der Waals surface area (Å²) in [4.78, 5) is 0. The van der Waals surface area contributed by atoms with Gasteiger partial charge < -0.3 is 15.6 Å². The van der Waals surface area contributed by atoms with Crippen LogP contribution >= 0.6 is 23.2 Å². The van der Waals surface area contributed by atoms with E-state index in [-0.39, 0.29) is 6.04 Å². The maximum atomic E-state index is 6.11. The van der Waals surface area contributed by atoms with Gasteiger partial charge in [-0.25, -0.2) is 0 Å². The molecule has 0 amide bonds. The Hall–Kier alpha value is -1.46. The van der Waals surface area contributed by atoms with E-state index in [1.54, 1.807) is 18.5 Å². The van der Waals surface area contributed by atoms with E-state index < -0.39 is 0 Å². The number of benzene rings is 1. The molecule has 1 heterocycles. The van der Waals surface area contributed by atoms with E-state index in [0.29, 0.717) is 21.4 Å². The summed E-state index contributed by atoms with van der Waals surface area (Å²) in [5, 5.41) is 12.0. The Morgan fingerprint density at radius 3 is 2.44 bits per heavy atom. The number of hydrogen-bond acceptors (Lipinski definition) is 4. The van der Waals surface area contributed by atoms with Gasteiger partial charge in [-0.15, -0.1) is 10.2 Å². The van der Waals surface area contributed by atoms with Crippen LogP contribution in [0.5, 0.6) is 0 Å². The standard InChI is InChI=1S/C11H13Cl2N5/c1-6(11-17-15-5-18(11)2)16-10-8(12)3-7(14)4-9(10)13/h3-6,16H,14H2,1-2H3. The summed E-state index contributed by atoms with van der Waals surface area (Å²) in [5.41, 5.74) is 6.83. The van der Waals surface area contributed by atoms with Gasteiger partial charge in [0.15, 0.2) is 5.82 Å². The Morgan fingerprint density at radius 2 is 1.94 bits per heavy atom. The van der Waals surface area contributed by atoms with Gasteiger partial charge in [-0.05, 0) is 19.1 Å². The molecule has 0 saturated heterocycles. The molecule has 1 aromatic heterocycles. The van der Waals surface area contributed by atoms with Gasteiger partial charge in [-0.1, -0.05) is 23.2 Å². The van der Waals surface area contributed by atoms with Crippen LogP contribution in [0.3, 0.4) is 0 Å². The number of nitrogens with two attached hydrogens (primary N) is 1. The molecule has 0 saturated carbocycles. The van der Waals surface area contributed by atoms with Gasteiger partial charge in [0.2, 0.25) is 0 Å². The molecule has 18 heavy (non-hydrogen) atoms. The average Bonchev–Trinajstić information content (AvgIpc) is 2.69. The monoisotopic (exact) mass is 285 g/mol. The second-order valence-electron chi connectivity index (χ2n) is 4.03. The van der Waals surface area contributed by atoms with Crippen molar-refractivity contribution in [2.75, 3.05) is 11.1 Å². The largest absolute Gasteiger partial charge is 0.399 e. The molecule has 0 radical (unpaired) electrons. The molecule has 3 N–H and O–H groups in total. The fourth-order valence-electron chi connectivity index (χ4n) is 1.70. The zero-order chi connectivity index (χ0) is 13.3. The highest BCUT2D eigenvalue weighted by Gasteiger charge is 2.15. The third-order valence-corrected chi connectivity index (χ3v) is 3.16. The molecule has 0 bridgehead atoms. The molecule has 0 spiro atoms. The maximum Gasteiger partial charge on any atom is 0.154 e. The first-order chi connectivity index (χ1) is 8.49. The lowest BCUT2D eigenvalue weighted by Gasteiger charge is -2.17. The van der Waals surface area contributed by atoms with Crippen LogP contribution in [0.15, 0.2) is 18.5 Å². The molecule has 1 aromatic carbocycles. The van der Waals surface area contributed by atoms with Crippen molar-refractivity contribution in [3.8, 4) is 0 Å². The van der Waals surface area contributed by atoms with Crippen LogP contribution in [-0.4, -0.2) is 14.8 Å². The third-order valence-electron chi connectivity index (χ3n) is 2.56. The Bertz CT molecular complexity index is 543. The van der Waals surface area contributed by atoms with Crippen LogP contribution in [0.1, 0.15) is 18.8 Å². The number of aryl methyl sites for hydroxylation is 1. The Morgan fingerprint density at radius 1 is 1.33 bits per heavy atom. The number of nitrogens with one attached hydrogen (secondary N) is 1. The summed E-state index contributed by atoms with van der Waals surface area (Å²) in [6.07, 6.45) is 1.64. The number of aromatic nitrogens is 3. The number of nitrogens with zero attached hydrogens (tertiary/aromatic N) is 3. The summed E-state index contributed by atoms with van der Waals surface area (Å²) in [6.45, 7) is 1.95. The van der Waals surface area contributed by atoms with Gasteiger partial charge in [0.05, 0.1) is 21.8 Å². The fraction of sp³-hybridized carbons (Fsp3) is 0.273. The van der Waals surface area contributed by atoms with Crippen molar-refractivity contribution >= 4 is 34.6 Å². The predicted molar refractivity (Wildman–Crippen MR) is 73.9 cm³/mol. The van der Waals surface area contributed by atoms with E-state index in [0.717, 1.165) is 5.82 Å². The van der Waals surface area contributed by atoms with Crippen molar-refractivity contribution in [1.29, 1.82) is 0 Å². The van der Waals surface area contributed by atoms with Gasteiger partial charge in [0, 0.05) is 12.7 Å². The average molecular weight is 286 g/mol. The highest BCUT2D eigenvalue weighted by molar-refractivity contribution is 6.39. The van der Waals surface area contributed by atoms with Gasteiger partial charge in [-0.2, -0.15) is 0 Å². The second-order valence-corrected chi connectivity index (χ2v) is 4.84. The second kappa shape index (κ2) is 5.04. The van der Waals surface area contributed by atoms with E-state index in [4.69, 9.17) is 28.9 Å². The highest BCUT2D eigenvalue weighted by atomic mass is 35.5. The lowest BCUT2D eigenvalue weighted by Crippen LogP contribution is -2.12. The first kappa shape index (κ1) is 13.0. The Kier molecular flexibility index (Phi) is 3.63. The van der Waals surface area contributed by atoms with Crippen molar-refractivity contribution in [2.45, 2.75) is 13.0 Å². The maximum absolute atomic E-state index is 6.11. The minimum Gasteiger partial charge on any atom is -0.399 e. The summed E-state index contributed by atoms with van der Waals surface area (Å²) >= 11 is 12.2. The smallest absolute Gasteiger partial charge is 0.154 e. The molecule has 5 nitrogen and oxygen atoms in total. The topological polar surface area (TPSA) is 68.8 Å². The van der Waals surface area contributed by atoms with Crippen molar-refractivity contribution in [3.05, 3.63) is 34.3 Å². The van der Waals surface area contributed by atoms with Gasteiger partial charge in [0.25, 0.3) is 0 Å². The summed E-state index contributed by atoms with van der Waals surface area (Å²) in [7, 11) is 1.87. The van der Waals surface area contributed by atoms with Crippen molar-refractivity contribution in [1.82, 2.24) is 14.8 Å². The third kappa shape index (κ3) is 2.52. The van der Waals surface area contributed by atoms with Gasteiger partial charge in [0.1, 0.15) is 6.33 Å². The van der Waals surface area contributed by atoms with Crippen molar-refractivity contribution < 1.29 is 0 Å². The number of nitrogen functional groups attached to an aromatic ring is 1. The lowest BCUT2D eigenvalue weighted by atomic mass is 10.2. The molecular weight excluding hydrogens is 273 g/mol. The Labute approximate surface area is 115 Å². The van der Waals surface area contributed by atoms with E-state index in [1.807, 2.05) is 18.5 Å². The van der Waals surface area contributed by atoms with Crippen LogP contribution < -0.4 is 11.1 Å². The summed E-state index contributed by atoms with van der Waals surface area (Å²) < 4.78 is 1.83. The fourth-order valence-corrected chi connectivity index (χ4v) is 2.31. The van der Waals surface area contributed by atoms with Crippen LogP contribution in [-0.2, 0) is 7.05 Å². The molecule has 2 aromatic rings. The van der Waals surface area contributed by atoms with Crippen LogP contribution in [0, 0.1) is 0 Å². The van der Waals surface area contributed by atoms with Crippen molar-refractivity contribution in [2.24, 2.45) is 7.05 Å². The number of hydrogen-bond donors (Lipinski definition) is 2. The zero-order valence-electron chi connectivity index (χ0n) is 9.98. The quantitative estimate of drug-likeness (QED) is 0.851. The molecule has 7 heteroatoms. The molecule has 2 rings (SSSR count). The number of anilines is 2. The molecule has 1 unspecified atom stereocenters. The van der Waals surface area contributed by atoms with E-state index >= 15 is 0 Å².